The molecule has 49 heavy (non-hydrogen) atoms. The minimum atomic E-state index is 0.622. The van der Waals surface area contributed by atoms with Crippen LogP contribution < -0.4 is 0 Å². The van der Waals surface area contributed by atoms with Gasteiger partial charge in [-0.3, -0.25) is 0 Å². The van der Waals surface area contributed by atoms with Crippen LogP contribution in [-0.2, 0) is 0 Å². The van der Waals surface area contributed by atoms with E-state index in [0.29, 0.717) is 17.5 Å². The first-order valence-corrected chi connectivity index (χ1v) is 17.1. The smallest absolute Gasteiger partial charge is 0.164 e. The summed E-state index contributed by atoms with van der Waals surface area (Å²) in [4.78, 5) is 20.4. The van der Waals surface area contributed by atoms with Crippen molar-refractivity contribution in [2.75, 3.05) is 0 Å². The number of benzene rings is 7. The largest absolute Gasteiger partial charge is 0.246 e. The summed E-state index contributed by atoms with van der Waals surface area (Å²) in [6, 6.07) is 54.8. The fourth-order valence-electron chi connectivity index (χ4n) is 7.05. The van der Waals surface area contributed by atoms with E-state index >= 15 is 0 Å². The van der Waals surface area contributed by atoms with Crippen LogP contribution in [0.3, 0.4) is 0 Å². The second kappa shape index (κ2) is 11.2. The lowest BCUT2D eigenvalue weighted by Gasteiger charge is -2.14. The van der Waals surface area contributed by atoms with Crippen LogP contribution >= 0.6 is 11.3 Å². The van der Waals surface area contributed by atoms with Crippen LogP contribution in [0.1, 0.15) is 0 Å². The van der Waals surface area contributed by atoms with Crippen LogP contribution in [0.15, 0.2) is 158 Å². The number of hydrogen-bond donors (Lipinski definition) is 0. The van der Waals surface area contributed by atoms with Gasteiger partial charge in [-0.25, -0.2) is 19.9 Å². The third kappa shape index (κ3) is 4.51. The summed E-state index contributed by atoms with van der Waals surface area (Å²) in [5, 5.41) is 8.53. The predicted molar refractivity (Wildman–Crippen MR) is 205 cm³/mol. The Bertz CT molecular complexity index is 2820. The SMILES string of the molecule is c1ccc(-c2nc(-c3ccccc3)nc(-c3cccc(-c4nc5c6ccccc6c6c7ccccc7sc6c5c5ccccc45)c3)n2)cc1. The van der Waals surface area contributed by atoms with Gasteiger partial charge in [-0.1, -0.05) is 146 Å². The number of rotatable bonds is 4. The van der Waals surface area contributed by atoms with E-state index in [9.17, 15) is 0 Å². The van der Waals surface area contributed by atoms with Crippen molar-refractivity contribution in [2.45, 2.75) is 0 Å². The lowest BCUT2D eigenvalue weighted by Crippen LogP contribution is -2.00. The Kier molecular flexibility index (Phi) is 6.32. The Hall–Kier alpha value is -6.30. The Morgan fingerprint density at radius 2 is 0.837 bits per heavy atom. The van der Waals surface area contributed by atoms with Gasteiger partial charge in [-0.05, 0) is 22.9 Å². The molecule has 10 aromatic rings. The molecule has 0 unspecified atom stereocenters. The van der Waals surface area contributed by atoms with E-state index in [-0.39, 0.29) is 0 Å². The van der Waals surface area contributed by atoms with E-state index in [4.69, 9.17) is 19.9 Å². The Balaban J connectivity index is 1.23. The van der Waals surface area contributed by atoms with Crippen molar-refractivity contribution >= 4 is 64.0 Å². The molecule has 0 saturated heterocycles. The van der Waals surface area contributed by atoms with Crippen molar-refractivity contribution in [3.63, 3.8) is 0 Å². The molecule has 228 valence electrons. The van der Waals surface area contributed by atoms with E-state index in [0.717, 1.165) is 44.2 Å². The van der Waals surface area contributed by atoms with Crippen molar-refractivity contribution in [3.8, 4) is 45.4 Å². The molecule has 0 radical (unpaired) electrons. The van der Waals surface area contributed by atoms with Crippen LogP contribution in [0.2, 0.25) is 0 Å². The lowest BCUT2D eigenvalue weighted by molar-refractivity contribution is 1.07. The van der Waals surface area contributed by atoms with E-state index < -0.39 is 0 Å². The maximum atomic E-state index is 5.54. The molecule has 0 aliphatic rings. The van der Waals surface area contributed by atoms with E-state index in [1.54, 1.807) is 0 Å². The quantitative estimate of drug-likeness (QED) is 0.179. The summed E-state index contributed by atoms with van der Waals surface area (Å²) in [5.74, 6) is 1.91. The molecule has 0 bridgehead atoms. The van der Waals surface area contributed by atoms with Gasteiger partial charge < -0.3 is 0 Å². The van der Waals surface area contributed by atoms with Gasteiger partial charge in [0.05, 0.1) is 11.2 Å². The molecular weight excluding hydrogens is 617 g/mol. The van der Waals surface area contributed by atoms with Gasteiger partial charge in [0.25, 0.3) is 0 Å². The summed E-state index contributed by atoms with van der Waals surface area (Å²) in [5.41, 5.74) is 5.77. The summed E-state index contributed by atoms with van der Waals surface area (Å²) >= 11 is 1.86. The first-order chi connectivity index (χ1) is 24.3. The summed E-state index contributed by atoms with van der Waals surface area (Å²) in [7, 11) is 0. The minimum absolute atomic E-state index is 0.622. The van der Waals surface area contributed by atoms with Crippen LogP contribution in [0, 0.1) is 0 Å². The zero-order valence-corrected chi connectivity index (χ0v) is 27.0. The van der Waals surface area contributed by atoms with Crippen molar-refractivity contribution in [2.24, 2.45) is 0 Å². The number of pyridine rings is 1. The lowest BCUT2D eigenvalue weighted by atomic mass is 9.94. The summed E-state index contributed by atoms with van der Waals surface area (Å²) < 4.78 is 2.57. The standard InChI is InChI=1S/C44H26N4S/c1-3-14-27(15-4-1)42-46-43(28-16-5-2-6-17-28)48-44(47-42)30-19-13-18-29(26-30)39-33-22-9-8-21-32(33)38-40(45-39)34-23-10-7-20-31(34)37-35-24-11-12-25-36(35)49-41(37)38/h1-26H. The molecule has 3 aromatic heterocycles. The highest BCUT2D eigenvalue weighted by Crippen LogP contribution is 2.46. The zero-order valence-electron chi connectivity index (χ0n) is 26.2. The molecule has 0 atom stereocenters. The monoisotopic (exact) mass is 642 g/mol. The first-order valence-electron chi connectivity index (χ1n) is 16.3. The van der Waals surface area contributed by atoms with Crippen molar-refractivity contribution < 1.29 is 0 Å². The molecule has 0 N–H and O–H groups in total. The van der Waals surface area contributed by atoms with Gasteiger partial charge in [-0.15, -0.1) is 11.3 Å². The maximum Gasteiger partial charge on any atom is 0.164 e. The van der Waals surface area contributed by atoms with Crippen LogP contribution in [-0.4, -0.2) is 19.9 Å². The number of aromatic nitrogens is 4. The number of hydrogen-bond acceptors (Lipinski definition) is 5. The highest BCUT2D eigenvalue weighted by atomic mass is 32.1. The molecule has 5 heteroatoms. The number of fused-ring (bicyclic) bond motifs is 10. The average molecular weight is 643 g/mol. The van der Waals surface area contributed by atoms with Crippen LogP contribution in [0.25, 0.3) is 98.0 Å². The maximum absolute atomic E-state index is 5.54. The number of thiophene rings is 1. The van der Waals surface area contributed by atoms with E-state index in [1.807, 2.05) is 72.0 Å². The number of nitrogens with zero attached hydrogens (tertiary/aromatic N) is 4. The van der Waals surface area contributed by atoms with Crippen molar-refractivity contribution in [1.82, 2.24) is 19.9 Å². The normalized spacial score (nSPS) is 11.7. The van der Waals surface area contributed by atoms with Crippen molar-refractivity contribution in [1.29, 1.82) is 0 Å². The molecule has 0 spiro atoms. The Morgan fingerprint density at radius 3 is 1.51 bits per heavy atom. The average Bonchev–Trinajstić information content (AvgIpc) is 3.58. The molecule has 4 nitrogen and oxygen atoms in total. The second-order valence-electron chi connectivity index (χ2n) is 12.2. The van der Waals surface area contributed by atoms with E-state index in [1.165, 1.54) is 36.3 Å². The third-order valence-corrected chi connectivity index (χ3v) is 10.5. The molecule has 0 aliphatic carbocycles. The van der Waals surface area contributed by atoms with Gasteiger partial charge in [0.15, 0.2) is 17.5 Å². The van der Waals surface area contributed by atoms with E-state index in [2.05, 4.69) is 97.1 Å². The fourth-order valence-corrected chi connectivity index (χ4v) is 8.32. The molecular formula is C44H26N4S. The van der Waals surface area contributed by atoms with Gasteiger partial charge in [-0.2, -0.15) is 0 Å². The summed E-state index contributed by atoms with van der Waals surface area (Å²) in [6.07, 6.45) is 0. The second-order valence-corrected chi connectivity index (χ2v) is 13.2. The molecule has 3 heterocycles. The highest BCUT2D eigenvalue weighted by Gasteiger charge is 2.20. The molecule has 10 rings (SSSR count). The molecule has 7 aromatic carbocycles. The first kappa shape index (κ1) is 27.8. The fraction of sp³-hybridized carbons (Fsp3) is 0. The summed E-state index contributed by atoms with van der Waals surface area (Å²) in [6.45, 7) is 0. The Labute approximate surface area is 286 Å². The third-order valence-electron chi connectivity index (χ3n) is 9.28. The van der Waals surface area contributed by atoms with Gasteiger partial charge in [0.1, 0.15) is 0 Å². The minimum Gasteiger partial charge on any atom is -0.246 e. The van der Waals surface area contributed by atoms with Gasteiger partial charge >= 0.3 is 0 Å². The van der Waals surface area contributed by atoms with Gasteiger partial charge in [0.2, 0.25) is 0 Å². The molecule has 0 saturated carbocycles. The Morgan fingerprint density at radius 1 is 0.347 bits per heavy atom. The van der Waals surface area contributed by atoms with Crippen LogP contribution in [0.4, 0.5) is 0 Å². The van der Waals surface area contributed by atoms with Crippen molar-refractivity contribution in [3.05, 3.63) is 158 Å². The highest BCUT2D eigenvalue weighted by molar-refractivity contribution is 7.27. The van der Waals surface area contributed by atoms with Gasteiger partial charge in [0, 0.05) is 58.6 Å². The molecule has 0 aliphatic heterocycles. The molecule has 0 fully saturated rings. The topological polar surface area (TPSA) is 51.6 Å². The van der Waals surface area contributed by atoms with Crippen LogP contribution in [0.5, 0.6) is 0 Å². The molecule has 0 amide bonds. The zero-order chi connectivity index (χ0) is 32.3. The predicted octanol–water partition coefficient (Wildman–Crippen LogP) is 11.8.